The number of ether oxygens (including phenoxy) is 2. The summed E-state index contributed by atoms with van der Waals surface area (Å²) >= 11 is 0. The Kier molecular flexibility index (Phi) is 5.69. The van der Waals surface area contributed by atoms with Crippen molar-refractivity contribution in [3.63, 3.8) is 0 Å². The number of rotatable bonds is 7. The smallest absolute Gasteiger partial charge is 0.417 e. The average molecular weight is 351 g/mol. The predicted molar refractivity (Wildman–Crippen MR) is 97.8 cm³/mol. The lowest BCUT2D eigenvalue weighted by molar-refractivity contribution is -0.136. The monoisotopic (exact) mass is 351 g/mol. The van der Waals surface area contributed by atoms with E-state index in [1.165, 1.54) is 4.90 Å². The summed E-state index contributed by atoms with van der Waals surface area (Å²) in [6, 6.07) is 18.4. The van der Waals surface area contributed by atoms with E-state index in [1.807, 2.05) is 48.5 Å². The maximum Gasteiger partial charge on any atom is 0.417 e. The van der Waals surface area contributed by atoms with Crippen molar-refractivity contribution in [1.29, 1.82) is 0 Å². The van der Waals surface area contributed by atoms with Crippen LogP contribution in [-0.2, 0) is 16.0 Å². The van der Waals surface area contributed by atoms with E-state index in [9.17, 15) is 9.59 Å². The van der Waals surface area contributed by atoms with E-state index in [1.54, 1.807) is 18.2 Å². The van der Waals surface area contributed by atoms with Gasteiger partial charge in [0.15, 0.2) is 6.10 Å². The zero-order valence-electron chi connectivity index (χ0n) is 14.4. The summed E-state index contributed by atoms with van der Waals surface area (Å²) < 4.78 is 10.9. The minimum Gasteiger partial charge on any atom is -0.480 e. The normalized spacial score (nSPS) is 17.5. The van der Waals surface area contributed by atoms with Gasteiger partial charge in [0.25, 0.3) is 5.91 Å². The molecule has 26 heavy (non-hydrogen) atoms. The first kappa shape index (κ1) is 17.7. The van der Waals surface area contributed by atoms with Crippen molar-refractivity contribution < 1.29 is 19.1 Å². The Labute approximate surface area is 152 Å². The van der Waals surface area contributed by atoms with Gasteiger partial charge in [-0.3, -0.25) is 4.79 Å². The summed E-state index contributed by atoms with van der Waals surface area (Å²) in [5.41, 5.74) is 1.04. The highest BCUT2D eigenvalue weighted by Crippen LogP contribution is 2.21. The molecule has 0 N–H and O–H groups in total. The molecule has 5 heteroatoms. The second kappa shape index (κ2) is 8.34. The maximum absolute atomic E-state index is 13.0. The topological polar surface area (TPSA) is 55.8 Å². The lowest BCUT2D eigenvalue weighted by Gasteiger charge is -2.25. The van der Waals surface area contributed by atoms with Gasteiger partial charge in [0.1, 0.15) is 12.4 Å². The number of hydrogen-bond acceptors (Lipinski definition) is 4. The van der Waals surface area contributed by atoms with Gasteiger partial charge in [-0.15, -0.1) is 6.58 Å². The molecule has 0 bridgehead atoms. The van der Waals surface area contributed by atoms with Crippen molar-refractivity contribution in [2.45, 2.75) is 25.0 Å². The standard InChI is InChI=1S/C21H21NO4/c1-2-9-19(26-18-12-7-4-8-13-18)20(23)22-17(15-25-21(22)24)14-16-10-5-3-6-11-16/h2-8,10-13,17,19H,1,9,14-15H2/t17-,19-/m0/s1. The first-order valence-electron chi connectivity index (χ1n) is 8.55. The first-order valence-corrected chi connectivity index (χ1v) is 8.55. The van der Waals surface area contributed by atoms with Crippen molar-refractivity contribution in [2.24, 2.45) is 0 Å². The highest BCUT2D eigenvalue weighted by molar-refractivity contribution is 5.96. The van der Waals surface area contributed by atoms with Crippen LogP contribution in [0.4, 0.5) is 4.79 Å². The Hall–Kier alpha value is -3.08. The SMILES string of the molecule is C=CC[C@H](Oc1ccccc1)C(=O)N1C(=O)OC[C@@H]1Cc1ccccc1. The largest absolute Gasteiger partial charge is 0.480 e. The predicted octanol–water partition coefficient (Wildman–Crippen LogP) is 3.60. The molecule has 1 aliphatic rings. The number of benzene rings is 2. The van der Waals surface area contributed by atoms with Gasteiger partial charge in [0.05, 0.1) is 6.04 Å². The lowest BCUT2D eigenvalue weighted by atomic mass is 10.1. The quantitative estimate of drug-likeness (QED) is 0.715. The van der Waals surface area contributed by atoms with Crippen LogP contribution < -0.4 is 4.74 Å². The number of carbonyl (C=O) groups is 2. The first-order chi connectivity index (χ1) is 12.7. The Balaban J connectivity index is 1.77. The highest BCUT2D eigenvalue weighted by atomic mass is 16.6. The highest BCUT2D eigenvalue weighted by Gasteiger charge is 2.41. The van der Waals surface area contributed by atoms with Crippen LogP contribution >= 0.6 is 0 Å². The molecule has 2 aromatic rings. The fourth-order valence-electron chi connectivity index (χ4n) is 2.94. The minimum absolute atomic E-state index is 0.186. The molecule has 2 atom stereocenters. The Morgan fingerprint density at radius 2 is 1.85 bits per heavy atom. The molecule has 1 aliphatic heterocycles. The molecular formula is C21H21NO4. The lowest BCUT2D eigenvalue weighted by Crippen LogP contribution is -2.47. The van der Waals surface area contributed by atoms with E-state index in [4.69, 9.17) is 9.47 Å². The summed E-state index contributed by atoms with van der Waals surface area (Å²) in [5.74, 6) is 0.164. The van der Waals surface area contributed by atoms with Crippen LogP contribution in [0.15, 0.2) is 73.3 Å². The van der Waals surface area contributed by atoms with Crippen molar-refractivity contribution in [1.82, 2.24) is 4.90 Å². The van der Waals surface area contributed by atoms with Crippen LogP contribution in [0.3, 0.4) is 0 Å². The van der Waals surface area contributed by atoms with E-state index in [0.29, 0.717) is 18.6 Å². The van der Waals surface area contributed by atoms with Crippen LogP contribution in [0.1, 0.15) is 12.0 Å². The van der Waals surface area contributed by atoms with Crippen LogP contribution in [-0.4, -0.2) is 35.7 Å². The molecule has 134 valence electrons. The van der Waals surface area contributed by atoms with Gasteiger partial charge in [0.2, 0.25) is 0 Å². The van der Waals surface area contributed by atoms with Gasteiger partial charge >= 0.3 is 6.09 Å². The summed E-state index contributed by atoms with van der Waals surface area (Å²) in [6.45, 7) is 3.88. The Bertz CT molecular complexity index is 760. The molecule has 2 aromatic carbocycles. The zero-order chi connectivity index (χ0) is 18.4. The number of imide groups is 1. The maximum atomic E-state index is 13.0. The number of nitrogens with zero attached hydrogens (tertiary/aromatic N) is 1. The van der Waals surface area contributed by atoms with Gasteiger partial charge in [-0.05, 0) is 24.1 Å². The van der Waals surface area contributed by atoms with E-state index in [-0.39, 0.29) is 12.6 Å². The molecular weight excluding hydrogens is 330 g/mol. The minimum atomic E-state index is -0.821. The molecule has 1 fully saturated rings. The number of hydrogen-bond donors (Lipinski definition) is 0. The molecule has 0 spiro atoms. The second-order valence-corrected chi connectivity index (χ2v) is 6.07. The third-order valence-electron chi connectivity index (χ3n) is 4.19. The van der Waals surface area contributed by atoms with Gasteiger partial charge in [-0.1, -0.05) is 54.6 Å². The average Bonchev–Trinajstić information content (AvgIpc) is 3.02. The van der Waals surface area contributed by atoms with Crippen LogP contribution in [0, 0.1) is 0 Å². The molecule has 0 saturated carbocycles. The molecule has 1 saturated heterocycles. The molecule has 5 nitrogen and oxygen atoms in total. The Morgan fingerprint density at radius 3 is 2.50 bits per heavy atom. The van der Waals surface area contributed by atoms with Crippen molar-refractivity contribution in [3.05, 3.63) is 78.9 Å². The number of cyclic esters (lactones) is 1. The molecule has 0 aliphatic carbocycles. The van der Waals surface area contributed by atoms with E-state index >= 15 is 0 Å². The molecule has 3 rings (SSSR count). The van der Waals surface area contributed by atoms with Crippen LogP contribution in [0.5, 0.6) is 5.75 Å². The van der Waals surface area contributed by atoms with Crippen molar-refractivity contribution >= 4 is 12.0 Å². The summed E-state index contributed by atoms with van der Waals surface area (Å²) in [6.07, 6.45) is 1.01. The molecule has 0 radical (unpaired) electrons. The van der Waals surface area contributed by atoms with Gasteiger partial charge in [-0.2, -0.15) is 0 Å². The fourth-order valence-corrected chi connectivity index (χ4v) is 2.94. The molecule has 2 amide bonds. The van der Waals surface area contributed by atoms with Gasteiger partial charge < -0.3 is 9.47 Å². The number of carbonyl (C=O) groups excluding carboxylic acids is 2. The van der Waals surface area contributed by atoms with Crippen LogP contribution in [0.25, 0.3) is 0 Å². The molecule has 0 unspecified atom stereocenters. The van der Waals surface area contributed by atoms with Crippen molar-refractivity contribution in [2.75, 3.05) is 6.61 Å². The third-order valence-corrected chi connectivity index (χ3v) is 4.19. The number of amides is 2. The van der Waals surface area contributed by atoms with Crippen LogP contribution in [0.2, 0.25) is 0 Å². The zero-order valence-corrected chi connectivity index (χ0v) is 14.4. The van der Waals surface area contributed by atoms with Gasteiger partial charge in [-0.25, -0.2) is 9.69 Å². The molecule has 1 heterocycles. The third kappa shape index (κ3) is 4.11. The van der Waals surface area contributed by atoms with E-state index < -0.39 is 18.1 Å². The fraction of sp³-hybridized carbons (Fsp3) is 0.238. The van der Waals surface area contributed by atoms with E-state index in [2.05, 4.69) is 6.58 Å². The summed E-state index contributed by atoms with van der Waals surface area (Å²) in [5, 5.41) is 0. The second-order valence-electron chi connectivity index (χ2n) is 6.07. The Morgan fingerprint density at radius 1 is 1.19 bits per heavy atom. The summed E-state index contributed by atoms with van der Waals surface area (Å²) in [7, 11) is 0. The summed E-state index contributed by atoms with van der Waals surface area (Å²) in [4.78, 5) is 26.4. The number of para-hydroxylation sites is 1. The molecule has 0 aromatic heterocycles. The van der Waals surface area contributed by atoms with Crippen molar-refractivity contribution in [3.8, 4) is 5.75 Å². The van der Waals surface area contributed by atoms with E-state index in [0.717, 1.165) is 5.56 Å². The van der Waals surface area contributed by atoms with Gasteiger partial charge in [0, 0.05) is 6.42 Å².